The van der Waals surface area contributed by atoms with Crippen LogP contribution in [0.15, 0.2) is 6.20 Å². The van der Waals surface area contributed by atoms with Crippen molar-refractivity contribution in [1.82, 2.24) is 20.0 Å². The molecule has 2 heterocycles. The molecule has 1 aromatic heterocycles. The summed E-state index contributed by atoms with van der Waals surface area (Å²) in [4.78, 5) is 16.7. The second-order valence-electron chi connectivity index (χ2n) is 4.88. The highest BCUT2D eigenvalue weighted by Crippen LogP contribution is 2.17. The van der Waals surface area contributed by atoms with E-state index in [0.29, 0.717) is 11.4 Å². The molecule has 1 saturated heterocycles. The predicted octanol–water partition coefficient (Wildman–Crippen LogP) is 0.548. The number of amides is 1. The number of aromatic amines is 1. The smallest absolute Gasteiger partial charge is 0.274 e. The van der Waals surface area contributed by atoms with Crippen LogP contribution in [-0.4, -0.2) is 58.6 Å². The lowest BCUT2D eigenvalue weighted by molar-refractivity contribution is 0.0670. The highest BCUT2D eigenvalue weighted by molar-refractivity contribution is 5.97. The molecule has 6 nitrogen and oxygen atoms in total. The molecule has 1 fully saturated rings. The van der Waals surface area contributed by atoms with Crippen molar-refractivity contribution in [3.63, 3.8) is 0 Å². The van der Waals surface area contributed by atoms with E-state index in [0.717, 1.165) is 32.5 Å². The van der Waals surface area contributed by atoms with Gasteiger partial charge in [-0.1, -0.05) is 6.92 Å². The van der Waals surface area contributed by atoms with Crippen LogP contribution in [0.4, 0.5) is 5.69 Å². The number of carbonyl (C=O) groups excluding carboxylic acids is 1. The molecule has 3 N–H and O–H groups in total. The largest absolute Gasteiger partial charge is 0.396 e. The Bertz CT molecular complexity index is 416. The van der Waals surface area contributed by atoms with Crippen LogP contribution >= 0.6 is 0 Å². The fraction of sp³-hybridized carbons (Fsp3) is 0.667. The van der Waals surface area contributed by atoms with E-state index in [4.69, 9.17) is 5.73 Å². The van der Waals surface area contributed by atoms with Gasteiger partial charge in [0.25, 0.3) is 5.91 Å². The first kappa shape index (κ1) is 12.9. The maximum atomic E-state index is 12.5. The average Bonchev–Trinajstić information content (AvgIpc) is 2.68. The number of anilines is 1. The molecular formula is C12H21N5O. The third-order valence-electron chi connectivity index (χ3n) is 3.52. The highest BCUT2D eigenvalue weighted by atomic mass is 16.2. The monoisotopic (exact) mass is 251 g/mol. The van der Waals surface area contributed by atoms with Gasteiger partial charge in [-0.2, -0.15) is 5.10 Å². The number of likely N-dealkylation sites (N-methyl/N-ethyl adjacent to an activating group) is 1. The number of nitrogen functional groups attached to an aromatic ring is 1. The first-order valence-corrected chi connectivity index (χ1v) is 6.41. The van der Waals surface area contributed by atoms with Crippen molar-refractivity contribution in [2.45, 2.75) is 25.8 Å². The lowest BCUT2D eigenvalue weighted by Gasteiger charge is -2.29. The summed E-state index contributed by atoms with van der Waals surface area (Å²) in [6.07, 6.45) is 3.43. The number of nitrogens with zero attached hydrogens (tertiary/aromatic N) is 3. The molecule has 1 aliphatic heterocycles. The van der Waals surface area contributed by atoms with E-state index >= 15 is 0 Å². The van der Waals surface area contributed by atoms with Crippen LogP contribution in [0.5, 0.6) is 0 Å². The molecule has 18 heavy (non-hydrogen) atoms. The molecule has 1 aliphatic rings. The van der Waals surface area contributed by atoms with Gasteiger partial charge in [-0.25, -0.2) is 0 Å². The molecule has 0 bridgehead atoms. The zero-order chi connectivity index (χ0) is 13.1. The van der Waals surface area contributed by atoms with E-state index in [1.807, 2.05) is 4.90 Å². The molecule has 6 heteroatoms. The average molecular weight is 251 g/mol. The maximum absolute atomic E-state index is 12.5. The Morgan fingerprint density at radius 2 is 2.39 bits per heavy atom. The van der Waals surface area contributed by atoms with Crippen molar-refractivity contribution < 1.29 is 4.79 Å². The molecule has 0 radical (unpaired) electrons. The molecule has 2 rings (SSSR count). The van der Waals surface area contributed by atoms with Crippen LogP contribution in [0, 0.1) is 0 Å². The van der Waals surface area contributed by atoms with Gasteiger partial charge in [-0.05, 0) is 26.4 Å². The summed E-state index contributed by atoms with van der Waals surface area (Å²) in [5.41, 5.74) is 6.59. The van der Waals surface area contributed by atoms with E-state index < -0.39 is 0 Å². The van der Waals surface area contributed by atoms with Crippen LogP contribution in [0.3, 0.4) is 0 Å². The summed E-state index contributed by atoms with van der Waals surface area (Å²) in [6.45, 7) is 4.83. The highest BCUT2D eigenvalue weighted by Gasteiger charge is 2.28. The molecule has 100 valence electrons. The van der Waals surface area contributed by atoms with Gasteiger partial charge in [0.1, 0.15) is 5.69 Å². The first-order valence-electron chi connectivity index (χ1n) is 6.41. The van der Waals surface area contributed by atoms with Gasteiger partial charge in [0.15, 0.2) is 0 Å². The number of nitrogens with one attached hydrogen (secondary N) is 1. The summed E-state index contributed by atoms with van der Waals surface area (Å²) < 4.78 is 0. The lowest BCUT2D eigenvalue weighted by atomic mass is 10.1. The molecular weight excluding hydrogens is 230 g/mol. The van der Waals surface area contributed by atoms with Gasteiger partial charge in [0.2, 0.25) is 0 Å². The van der Waals surface area contributed by atoms with Crippen LogP contribution in [-0.2, 0) is 0 Å². The number of H-pyrrole nitrogens is 1. The van der Waals surface area contributed by atoms with Crippen molar-refractivity contribution in [1.29, 1.82) is 0 Å². The molecule has 0 aromatic carbocycles. The quantitative estimate of drug-likeness (QED) is 0.804. The Hall–Kier alpha value is -1.56. The van der Waals surface area contributed by atoms with Gasteiger partial charge in [0.05, 0.1) is 11.9 Å². The van der Waals surface area contributed by atoms with Crippen LogP contribution in [0.25, 0.3) is 0 Å². The van der Waals surface area contributed by atoms with E-state index in [1.54, 1.807) is 0 Å². The molecule has 0 aliphatic carbocycles. The Kier molecular flexibility index (Phi) is 3.86. The summed E-state index contributed by atoms with van der Waals surface area (Å²) >= 11 is 0. The third-order valence-corrected chi connectivity index (χ3v) is 3.52. The van der Waals surface area contributed by atoms with E-state index in [9.17, 15) is 4.79 Å². The summed E-state index contributed by atoms with van der Waals surface area (Å²) in [5, 5.41) is 6.52. The molecule has 0 spiro atoms. The zero-order valence-corrected chi connectivity index (χ0v) is 11.0. The fourth-order valence-electron chi connectivity index (χ4n) is 2.47. The van der Waals surface area contributed by atoms with Gasteiger partial charge < -0.3 is 15.5 Å². The van der Waals surface area contributed by atoms with E-state index in [1.165, 1.54) is 6.20 Å². The molecule has 1 aromatic rings. The first-order chi connectivity index (χ1) is 8.63. The minimum atomic E-state index is -0.0350. The summed E-state index contributed by atoms with van der Waals surface area (Å²) in [6, 6.07) is 0.243. The Morgan fingerprint density at radius 3 is 3.00 bits per heavy atom. The van der Waals surface area contributed by atoms with Gasteiger partial charge in [0, 0.05) is 19.1 Å². The van der Waals surface area contributed by atoms with E-state index in [-0.39, 0.29) is 11.9 Å². The predicted molar refractivity (Wildman–Crippen MR) is 70.2 cm³/mol. The lowest BCUT2D eigenvalue weighted by Crippen LogP contribution is -2.43. The second-order valence-corrected chi connectivity index (χ2v) is 4.88. The number of nitrogens with two attached hydrogens (primary N) is 1. The summed E-state index contributed by atoms with van der Waals surface area (Å²) in [5.74, 6) is -0.0350. The van der Waals surface area contributed by atoms with Gasteiger partial charge in [-0.15, -0.1) is 0 Å². The van der Waals surface area contributed by atoms with Gasteiger partial charge >= 0.3 is 0 Å². The fourth-order valence-corrected chi connectivity index (χ4v) is 2.47. The van der Waals surface area contributed by atoms with Crippen molar-refractivity contribution >= 4 is 11.6 Å². The SMILES string of the molecule is CCC1CN(C)CCCN1C(=O)c1[nH]ncc1N. The maximum Gasteiger partial charge on any atom is 0.274 e. The molecule has 0 saturated carbocycles. The standard InChI is InChI=1S/C12H21N5O/c1-3-9-8-16(2)5-4-6-17(9)12(18)11-10(13)7-14-15-11/h7,9H,3-6,8,13H2,1-2H3,(H,14,15). The Morgan fingerprint density at radius 1 is 1.61 bits per heavy atom. The molecule has 1 unspecified atom stereocenters. The number of hydrogen-bond acceptors (Lipinski definition) is 4. The minimum Gasteiger partial charge on any atom is -0.396 e. The van der Waals surface area contributed by atoms with Crippen molar-refractivity contribution in [2.75, 3.05) is 32.4 Å². The van der Waals surface area contributed by atoms with Crippen molar-refractivity contribution in [2.24, 2.45) is 0 Å². The second kappa shape index (κ2) is 5.39. The Balaban J connectivity index is 2.19. The van der Waals surface area contributed by atoms with Gasteiger partial charge in [-0.3, -0.25) is 9.89 Å². The Labute approximate surface area is 107 Å². The van der Waals surface area contributed by atoms with E-state index in [2.05, 4.69) is 29.1 Å². The number of aromatic nitrogens is 2. The van der Waals surface area contributed by atoms with Crippen molar-refractivity contribution in [3.8, 4) is 0 Å². The molecule has 1 atom stereocenters. The van der Waals surface area contributed by atoms with Crippen LogP contribution in [0.2, 0.25) is 0 Å². The normalized spacial score (nSPS) is 21.9. The van der Waals surface area contributed by atoms with Crippen LogP contribution in [0.1, 0.15) is 30.3 Å². The third kappa shape index (κ3) is 2.48. The zero-order valence-electron chi connectivity index (χ0n) is 11.0. The minimum absolute atomic E-state index is 0.0350. The number of carbonyl (C=O) groups is 1. The topological polar surface area (TPSA) is 78.2 Å². The summed E-state index contributed by atoms with van der Waals surface area (Å²) in [7, 11) is 2.10. The number of hydrogen-bond donors (Lipinski definition) is 2. The van der Waals surface area contributed by atoms with Crippen LogP contribution < -0.4 is 5.73 Å². The van der Waals surface area contributed by atoms with Crippen molar-refractivity contribution in [3.05, 3.63) is 11.9 Å². The number of rotatable bonds is 2. The molecule has 1 amide bonds.